The van der Waals surface area contributed by atoms with Gasteiger partial charge in [-0.3, -0.25) is 43.6 Å². The van der Waals surface area contributed by atoms with Crippen molar-refractivity contribution in [2.24, 2.45) is 0 Å². The molecular formula is C28H35F12N5O18. The number of rotatable bonds is 9. The molecule has 23 nitrogen and oxygen atoms in total. The van der Waals surface area contributed by atoms with Crippen molar-refractivity contribution in [1.29, 1.82) is 0 Å². The normalized spacial score (nSPS) is 16.3. The zero-order chi connectivity index (χ0) is 50.3. The van der Waals surface area contributed by atoms with Crippen molar-refractivity contribution in [2.75, 3.05) is 78.5 Å². The largest absolute Gasteiger partial charge is 0.490 e. The highest BCUT2D eigenvalue weighted by atomic mass is 19.4. The molecule has 0 bridgehead atoms. The van der Waals surface area contributed by atoms with Gasteiger partial charge in [-0.2, -0.15) is 52.7 Å². The molecule has 0 saturated carbocycles. The Hall–Kier alpha value is -6.10. The van der Waals surface area contributed by atoms with Gasteiger partial charge in [-0.15, -0.1) is 5.06 Å². The van der Waals surface area contributed by atoms with Gasteiger partial charge in [0.1, 0.15) is 0 Å². The second-order valence-electron chi connectivity index (χ2n) is 11.5. The van der Waals surface area contributed by atoms with Crippen molar-refractivity contribution in [3.8, 4) is 0 Å². The highest BCUT2D eigenvalue weighted by Gasteiger charge is 2.40. The van der Waals surface area contributed by atoms with E-state index < -0.39 is 84.3 Å². The summed E-state index contributed by atoms with van der Waals surface area (Å²) in [6.07, 6.45) is -20.4. The lowest BCUT2D eigenvalue weighted by Crippen LogP contribution is -2.49. The minimum atomic E-state index is -5.08. The summed E-state index contributed by atoms with van der Waals surface area (Å²) in [7, 11) is 0. The monoisotopic (exact) mass is 957 g/mol. The van der Waals surface area contributed by atoms with E-state index in [9.17, 15) is 96.8 Å². The summed E-state index contributed by atoms with van der Waals surface area (Å²) in [5.41, 5.74) is 0. The number of carbonyl (C=O) groups excluding carboxylic acids is 3. The average Bonchev–Trinajstić information content (AvgIpc) is 3.40. The Morgan fingerprint density at radius 1 is 0.397 bits per heavy atom. The maximum Gasteiger partial charge on any atom is 0.490 e. The SMILES string of the molecule is O=C(O)C(F)(F)F.O=C(O)C(F)(F)F.O=C(O)C(F)(F)F.O=C(O)C(F)(F)F.O=C(O)CN1CCN(CC(=O)O)CCN(CC(=O)ON2C(=O)CCC2=O)CCN(CC(=O)O)CC1. The van der Waals surface area contributed by atoms with Crippen molar-refractivity contribution in [1.82, 2.24) is 24.7 Å². The second-order valence-corrected chi connectivity index (χ2v) is 11.5. The molecule has 2 heterocycles. The number of hydroxylamine groups is 2. The van der Waals surface area contributed by atoms with E-state index in [-0.39, 0.29) is 91.4 Å². The molecule has 2 aliphatic rings. The number of nitrogens with zero attached hydrogens (tertiary/aromatic N) is 5. The molecule has 0 radical (unpaired) electrons. The smallest absolute Gasteiger partial charge is 0.480 e. The van der Waals surface area contributed by atoms with Gasteiger partial charge in [0, 0.05) is 65.2 Å². The van der Waals surface area contributed by atoms with Gasteiger partial charge in [0.25, 0.3) is 11.8 Å². The lowest BCUT2D eigenvalue weighted by atomic mass is 10.3. The third kappa shape index (κ3) is 32.3. The Labute approximate surface area is 342 Å². The van der Waals surface area contributed by atoms with Gasteiger partial charge in [-0.05, 0) is 0 Å². The predicted octanol–water partition coefficient (Wildman–Crippen LogP) is -0.398. The molecule has 0 aromatic rings. The minimum Gasteiger partial charge on any atom is -0.480 e. The van der Waals surface area contributed by atoms with Crippen molar-refractivity contribution >= 4 is 59.6 Å². The summed E-state index contributed by atoms with van der Waals surface area (Å²) in [6.45, 7) is 0.709. The van der Waals surface area contributed by atoms with E-state index in [2.05, 4.69) is 0 Å². The first kappa shape index (κ1) is 61.2. The van der Waals surface area contributed by atoms with Gasteiger partial charge >= 0.3 is 72.5 Å². The Kier molecular flexibility index (Phi) is 27.0. The number of halogens is 12. The molecule has 0 aliphatic carbocycles. The number of amides is 2. The molecular weight excluding hydrogens is 922 g/mol. The fraction of sp³-hybridized carbons (Fsp3) is 0.643. The molecule has 0 spiro atoms. The van der Waals surface area contributed by atoms with Crippen molar-refractivity contribution < 1.29 is 141 Å². The summed E-state index contributed by atoms with van der Waals surface area (Å²) >= 11 is 0. The van der Waals surface area contributed by atoms with Gasteiger partial charge in [-0.1, -0.05) is 0 Å². The van der Waals surface area contributed by atoms with Crippen LogP contribution in [0.15, 0.2) is 0 Å². The Morgan fingerprint density at radius 3 is 0.730 bits per heavy atom. The molecule has 2 amide bonds. The third-order valence-electron chi connectivity index (χ3n) is 6.53. The Balaban J connectivity index is -0.00000103. The molecule has 2 rings (SSSR count). The standard InChI is InChI=1S/C20H31N5O10.4C2HF3O2/c26-15-1-2-16(27)25(15)35-20(34)14-24-9-7-22(12-18(30)31)5-3-21(11-17(28)29)4-6-23(8-10-24)13-19(32)33;4*3-2(4,5)1(6)7/h1-14H2,(H,28,29)(H,30,31)(H,32,33);4*(H,6,7). The molecule has 0 aromatic carbocycles. The maximum absolute atomic E-state index is 12.4. The van der Waals surface area contributed by atoms with Gasteiger partial charge in [0.15, 0.2) is 0 Å². The molecule has 2 fully saturated rings. The number of hydrogen-bond donors (Lipinski definition) is 7. The van der Waals surface area contributed by atoms with E-state index in [0.29, 0.717) is 5.06 Å². The fourth-order valence-electron chi connectivity index (χ4n) is 3.76. The first-order chi connectivity index (χ1) is 28.3. The lowest BCUT2D eigenvalue weighted by molar-refractivity contribution is -0.198. The first-order valence-corrected chi connectivity index (χ1v) is 16.1. The van der Waals surface area contributed by atoms with Crippen LogP contribution < -0.4 is 0 Å². The van der Waals surface area contributed by atoms with Crippen LogP contribution in [0.5, 0.6) is 0 Å². The molecule has 7 N–H and O–H groups in total. The van der Waals surface area contributed by atoms with Crippen molar-refractivity contribution in [3.63, 3.8) is 0 Å². The quantitative estimate of drug-likeness (QED) is 0.114. The van der Waals surface area contributed by atoms with E-state index in [1.807, 2.05) is 0 Å². The fourth-order valence-corrected chi connectivity index (χ4v) is 3.76. The molecule has 0 atom stereocenters. The number of carboxylic acids is 7. The highest BCUT2D eigenvalue weighted by molar-refractivity contribution is 6.01. The summed E-state index contributed by atoms with van der Waals surface area (Å²) in [5, 5.41) is 56.6. The van der Waals surface area contributed by atoms with E-state index in [0.717, 1.165) is 0 Å². The number of aliphatic carboxylic acids is 7. The van der Waals surface area contributed by atoms with Crippen LogP contribution in [0.25, 0.3) is 0 Å². The van der Waals surface area contributed by atoms with Crippen LogP contribution in [-0.4, -0.2) is 223 Å². The Morgan fingerprint density at radius 2 is 0.571 bits per heavy atom. The number of imide groups is 1. The summed E-state index contributed by atoms with van der Waals surface area (Å²) < 4.78 is 127. The van der Waals surface area contributed by atoms with Crippen LogP contribution in [0.4, 0.5) is 52.7 Å². The van der Waals surface area contributed by atoms with Crippen molar-refractivity contribution in [3.05, 3.63) is 0 Å². The molecule has 364 valence electrons. The molecule has 63 heavy (non-hydrogen) atoms. The molecule has 2 saturated heterocycles. The van der Waals surface area contributed by atoms with Gasteiger partial charge in [0.2, 0.25) is 0 Å². The van der Waals surface area contributed by atoms with E-state index in [4.69, 9.17) is 44.4 Å². The van der Waals surface area contributed by atoms with Crippen LogP contribution >= 0.6 is 0 Å². The second kappa shape index (κ2) is 27.8. The zero-order valence-corrected chi connectivity index (χ0v) is 31.3. The van der Waals surface area contributed by atoms with Crippen LogP contribution in [0.1, 0.15) is 12.8 Å². The summed E-state index contributed by atoms with van der Waals surface area (Å²) in [5.74, 6) is -16.3. The Bertz CT molecular complexity index is 1450. The molecule has 2 aliphatic heterocycles. The van der Waals surface area contributed by atoms with Crippen LogP contribution in [0, 0.1) is 0 Å². The van der Waals surface area contributed by atoms with Gasteiger partial charge in [0.05, 0.1) is 26.2 Å². The van der Waals surface area contributed by atoms with Crippen LogP contribution in [0.2, 0.25) is 0 Å². The number of carboxylic acid groups (broad SMARTS) is 7. The third-order valence-corrected chi connectivity index (χ3v) is 6.53. The van der Waals surface area contributed by atoms with E-state index in [1.165, 1.54) is 0 Å². The van der Waals surface area contributed by atoms with Gasteiger partial charge < -0.3 is 40.6 Å². The van der Waals surface area contributed by atoms with Crippen molar-refractivity contribution in [2.45, 2.75) is 37.5 Å². The van der Waals surface area contributed by atoms with Crippen LogP contribution in [0.3, 0.4) is 0 Å². The molecule has 0 aromatic heterocycles. The van der Waals surface area contributed by atoms with Crippen LogP contribution in [-0.2, 0) is 52.8 Å². The number of hydrogen-bond acceptors (Lipinski definition) is 15. The zero-order valence-electron chi connectivity index (χ0n) is 31.3. The topological polar surface area (TPSA) is 338 Å². The predicted molar refractivity (Wildman–Crippen MR) is 171 cm³/mol. The highest BCUT2D eigenvalue weighted by Crippen LogP contribution is 2.16. The summed E-state index contributed by atoms with van der Waals surface area (Å²) in [4.78, 5) is 117. The first-order valence-electron chi connectivity index (χ1n) is 16.1. The number of alkyl halides is 12. The van der Waals surface area contributed by atoms with E-state index >= 15 is 0 Å². The average molecular weight is 958 g/mol. The lowest BCUT2D eigenvalue weighted by Gasteiger charge is -2.32. The van der Waals surface area contributed by atoms with Gasteiger partial charge in [-0.25, -0.2) is 24.0 Å². The summed E-state index contributed by atoms with van der Waals surface area (Å²) in [6, 6.07) is 0. The molecule has 0 unspecified atom stereocenters. The molecule has 35 heteroatoms. The minimum absolute atomic E-state index is 0.0387. The maximum atomic E-state index is 12.4. The van der Waals surface area contributed by atoms with E-state index in [1.54, 1.807) is 19.6 Å². The number of carbonyl (C=O) groups is 10.